The molecule has 9 rings (SSSR count). The van der Waals surface area contributed by atoms with Crippen molar-refractivity contribution in [3.05, 3.63) is 131 Å². The van der Waals surface area contributed by atoms with Gasteiger partial charge in [0, 0.05) is 11.1 Å². The lowest BCUT2D eigenvalue weighted by Crippen LogP contribution is -2.58. The fourth-order valence-electron chi connectivity index (χ4n) is 7.92. The summed E-state index contributed by atoms with van der Waals surface area (Å²) < 4.78 is 4.80. The van der Waals surface area contributed by atoms with Crippen LogP contribution in [0.2, 0.25) is 0 Å². The van der Waals surface area contributed by atoms with Crippen molar-refractivity contribution in [3.8, 4) is 16.8 Å². The number of fused-ring (bicyclic) bond motifs is 7. The van der Waals surface area contributed by atoms with Gasteiger partial charge >= 0.3 is 0 Å². The van der Waals surface area contributed by atoms with Crippen molar-refractivity contribution in [2.24, 2.45) is 0 Å². The minimum atomic E-state index is 0.0973. The Bertz CT molecular complexity index is 2420. The molecule has 3 nitrogen and oxygen atoms in total. The fraction of sp³-hybridized carbons (Fsp3) is 0.103. The average molecular weight is 552 g/mol. The molecule has 0 aliphatic carbocycles. The highest BCUT2D eigenvalue weighted by Gasteiger charge is 2.36. The number of rotatable bonds is 2. The zero-order valence-electron chi connectivity index (χ0n) is 24.8. The van der Waals surface area contributed by atoms with Gasteiger partial charge in [0.2, 0.25) is 12.5 Å². The Balaban J connectivity index is 1.51. The molecule has 43 heavy (non-hydrogen) atoms. The number of para-hydroxylation sites is 2. The fourth-order valence-corrected chi connectivity index (χ4v) is 7.92. The molecule has 0 fully saturated rings. The number of imidazole rings is 1. The van der Waals surface area contributed by atoms with E-state index in [-0.39, 0.29) is 6.71 Å². The molecule has 2 aromatic heterocycles. The van der Waals surface area contributed by atoms with Crippen molar-refractivity contribution >= 4 is 61.7 Å². The molecule has 0 saturated carbocycles. The normalized spacial score (nSPS) is 12.6. The lowest BCUT2D eigenvalue weighted by Gasteiger charge is -2.32. The number of hydrogen-bond donors (Lipinski definition) is 0. The van der Waals surface area contributed by atoms with Gasteiger partial charge in [-0.25, -0.2) is 4.98 Å². The molecule has 3 heterocycles. The number of aryl methyl sites for hydroxylation is 4. The summed E-state index contributed by atoms with van der Waals surface area (Å²) in [6.07, 6.45) is 0. The van der Waals surface area contributed by atoms with Crippen LogP contribution in [0.1, 0.15) is 22.3 Å². The molecule has 0 saturated heterocycles. The number of benzene rings is 6. The smallest absolute Gasteiger partial charge is 0.247 e. The van der Waals surface area contributed by atoms with Gasteiger partial charge in [0.25, 0.3) is 0 Å². The summed E-state index contributed by atoms with van der Waals surface area (Å²) >= 11 is 0. The first-order valence-electron chi connectivity index (χ1n) is 15.1. The average Bonchev–Trinajstić information content (AvgIpc) is 3.40. The van der Waals surface area contributed by atoms with Crippen molar-refractivity contribution in [1.82, 2.24) is 14.0 Å². The molecule has 0 unspecified atom stereocenters. The van der Waals surface area contributed by atoms with Crippen LogP contribution < -0.4 is 16.4 Å². The molecule has 6 aromatic carbocycles. The highest BCUT2D eigenvalue weighted by molar-refractivity contribution is 6.98. The van der Waals surface area contributed by atoms with Gasteiger partial charge in [0.05, 0.1) is 22.1 Å². The van der Waals surface area contributed by atoms with Gasteiger partial charge in [-0.2, -0.15) is 0 Å². The zero-order valence-corrected chi connectivity index (χ0v) is 24.8. The van der Waals surface area contributed by atoms with Gasteiger partial charge < -0.3 is 0 Å². The van der Waals surface area contributed by atoms with Crippen molar-refractivity contribution < 1.29 is 0 Å². The van der Waals surface area contributed by atoms with Crippen LogP contribution in [-0.4, -0.2) is 20.7 Å². The van der Waals surface area contributed by atoms with Crippen LogP contribution in [0.4, 0.5) is 0 Å². The van der Waals surface area contributed by atoms with Crippen LogP contribution in [0.5, 0.6) is 0 Å². The van der Waals surface area contributed by atoms with Gasteiger partial charge in [0.15, 0.2) is 0 Å². The molecule has 0 bridgehead atoms. The predicted molar refractivity (Wildman–Crippen MR) is 183 cm³/mol. The topological polar surface area (TPSA) is 22.2 Å². The van der Waals surface area contributed by atoms with Crippen LogP contribution in [0.25, 0.3) is 55.4 Å². The monoisotopic (exact) mass is 551 g/mol. The molecule has 8 aromatic rings. The van der Waals surface area contributed by atoms with E-state index in [4.69, 9.17) is 4.98 Å². The second kappa shape index (κ2) is 8.72. The second-order valence-electron chi connectivity index (χ2n) is 12.2. The highest BCUT2D eigenvalue weighted by Crippen LogP contribution is 2.36. The zero-order chi connectivity index (χ0) is 29.0. The second-order valence-corrected chi connectivity index (χ2v) is 12.2. The summed E-state index contributed by atoms with van der Waals surface area (Å²) in [5, 5.41) is 2.54. The van der Waals surface area contributed by atoms with Crippen LogP contribution in [0.3, 0.4) is 0 Å². The van der Waals surface area contributed by atoms with Crippen LogP contribution >= 0.6 is 0 Å². The Labute approximate surface area is 251 Å². The third kappa shape index (κ3) is 3.24. The Hall–Kier alpha value is -5.09. The summed E-state index contributed by atoms with van der Waals surface area (Å²) in [6, 6.07) is 40.3. The SMILES string of the molecule is Cc1cccc(C)c1B1c2cc(-c3c(C)cccc3C)ccc2-n2c3c1ccc1cccc(c13)n1c3ccccc3nc21. The molecular weight excluding hydrogens is 521 g/mol. The third-order valence-electron chi connectivity index (χ3n) is 9.73. The highest BCUT2D eigenvalue weighted by atomic mass is 15.2. The summed E-state index contributed by atoms with van der Waals surface area (Å²) in [4.78, 5) is 5.30. The molecular formula is C39H30BN3. The van der Waals surface area contributed by atoms with Crippen molar-refractivity contribution in [1.29, 1.82) is 0 Å². The first-order valence-corrected chi connectivity index (χ1v) is 15.1. The Morgan fingerprint density at radius 1 is 0.605 bits per heavy atom. The molecule has 1 aliphatic rings. The number of hydrogen-bond acceptors (Lipinski definition) is 1. The Kier molecular flexibility index (Phi) is 4.97. The summed E-state index contributed by atoms with van der Waals surface area (Å²) in [5.41, 5.74) is 17.7. The Morgan fingerprint density at radius 3 is 2.09 bits per heavy atom. The van der Waals surface area contributed by atoms with Crippen LogP contribution in [-0.2, 0) is 0 Å². The minimum absolute atomic E-state index is 0.0973. The van der Waals surface area contributed by atoms with Crippen molar-refractivity contribution in [2.75, 3.05) is 0 Å². The van der Waals surface area contributed by atoms with Crippen molar-refractivity contribution in [3.63, 3.8) is 0 Å². The molecule has 0 amide bonds. The summed E-state index contributed by atoms with van der Waals surface area (Å²) in [5.74, 6) is 0.953. The van der Waals surface area contributed by atoms with Crippen LogP contribution in [0, 0.1) is 27.7 Å². The van der Waals surface area contributed by atoms with E-state index in [9.17, 15) is 0 Å². The maximum absolute atomic E-state index is 5.30. The molecule has 204 valence electrons. The molecule has 0 radical (unpaired) electrons. The molecule has 0 atom stereocenters. The third-order valence-corrected chi connectivity index (χ3v) is 9.73. The Morgan fingerprint density at radius 2 is 1.30 bits per heavy atom. The van der Waals surface area contributed by atoms with E-state index in [0.717, 1.165) is 16.8 Å². The quantitative estimate of drug-likeness (QED) is 0.207. The van der Waals surface area contributed by atoms with E-state index in [2.05, 4.69) is 146 Å². The number of nitrogens with zero attached hydrogens (tertiary/aromatic N) is 3. The van der Waals surface area contributed by atoms with Gasteiger partial charge in [-0.05, 0) is 90.5 Å². The minimum Gasteiger partial charge on any atom is -0.281 e. The van der Waals surface area contributed by atoms with E-state index in [1.807, 2.05) is 0 Å². The van der Waals surface area contributed by atoms with E-state index in [0.29, 0.717) is 0 Å². The molecule has 4 heteroatoms. The summed E-state index contributed by atoms with van der Waals surface area (Å²) in [6.45, 7) is 9.07. The van der Waals surface area contributed by atoms with E-state index in [1.54, 1.807) is 0 Å². The van der Waals surface area contributed by atoms with Gasteiger partial charge in [-0.15, -0.1) is 0 Å². The predicted octanol–water partition coefficient (Wildman–Crippen LogP) is 7.31. The number of aromatic nitrogens is 3. The van der Waals surface area contributed by atoms with E-state index in [1.165, 1.54) is 77.3 Å². The lowest BCUT2D eigenvalue weighted by molar-refractivity contribution is 1.07. The first kappa shape index (κ1) is 24.5. The summed E-state index contributed by atoms with van der Waals surface area (Å²) in [7, 11) is 0. The van der Waals surface area contributed by atoms with Gasteiger partial charge in [-0.3, -0.25) is 8.97 Å². The largest absolute Gasteiger partial charge is 0.281 e. The van der Waals surface area contributed by atoms with Crippen LogP contribution in [0.15, 0.2) is 109 Å². The van der Waals surface area contributed by atoms with E-state index < -0.39 is 0 Å². The maximum Gasteiger partial charge on any atom is 0.247 e. The molecule has 1 aliphatic heterocycles. The molecule has 0 N–H and O–H groups in total. The van der Waals surface area contributed by atoms with E-state index >= 15 is 0 Å². The standard InChI is InChI=1S/C39H30BN3/c1-23-10-7-11-24(2)35(23)28-19-21-32-30(22-28)40(37-25(3)12-8-13-26(37)4)29-20-18-27-14-9-17-34-36(27)38(29)43(32)39-41-31-15-5-6-16-33(31)42(34)39/h5-22H,1-4H3. The van der Waals surface area contributed by atoms with Gasteiger partial charge in [0.1, 0.15) is 0 Å². The van der Waals surface area contributed by atoms with Crippen molar-refractivity contribution in [2.45, 2.75) is 27.7 Å². The molecule has 0 spiro atoms. The van der Waals surface area contributed by atoms with Gasteiger partial charge in [-0.1, -0.05) is 102 Å². The maximum atomic E-state index is 5.30. The first-order chi connectivity index (χ1) is 21.0. The lowest BCUT2D eigenvalue weighted by atomic mass is 9.34.